The quantitative estimate of drug-likeness (QED) is 0.855. The molecule has 1 fully saturated rings. The predicted octanol–water partition coefficient (Wildman–Crippen LogP) is 3.82. The van der Waals surface area contributed by atoms with Gasteiger partial charge < -0.3 is 14.8 Å². The van der Waals surface area contributed by atoms with Gasteiger partial charge in [-0.1, -0.05) is 44.2 Å². The Balaban J connectivity index is 2.00. The van der Waals surface area contributed by atoms with E-state index in [9.17, 15) is 0 Å². The smallest absolute Gasteiger partial charge is 0.161 e. The first kappa shape index (κ1) is 18.7. The van der Waals surface area contributed by atoms with Crippen LogP contribution in [0, 0.1) is 0 Å². The summed E-state index contributed by atoms with van der Waals surface area (Å²) in [7, 11) is 3.37. The molecule has 0 bridgehead atoms. The minimum atomic E-state index is 0.220. The molecule has 0 radical (unpaired) electrons. The van der Waals surface area contributed by atoms with Crippen LogP contribution in [0.3, 0.4) is 0 Å². The number of nitrogens with zero attached hydrogens (tertiary/aromatic N) is 1. The molecule has 1 aliphatic heterocycles. The highest BCUT2D eigenvalue weighted by atomic mass is 16.5. The van der Waals surface area contributed by atoms with E-state index in [-0.39, 0.29) is 6.04 Å². The van der Waals surface area contributed by atoms with E-state index in [2.05, 4.69) is 60.5 Å². The molecule has 4 nitrogen and oxygen atoms in total. The molecule has 4 heteroatoms. The highest BCUT2D eigenvalue weighted by molar-refractivity contribution is 5.46. The predicted molar refractivity (Wildman–Crippen MR) is 106 cm³/mol. The van der Waals surface area contributed by atoms with E-state index < -0.39 is 0 Å². The van der Waals surface area contributed by atoms with Crippen molar-refractivity contribution in [1.29, 1.82) is 0 Å². The highest BCUT2D eigenvalue weighted by Gasteiger charge is 2.25. The first-order valence-corrected chi connectivity index (χ1v) is 9.40. The summed E-state index contributed by atoms with van der Waals surface area (Å²) >= 11 is 0. The number of ether oxygens (including phenoxy) is 2. The van der Waals surface area contributed by atoms with Crippen LogP contribution in [0.2, 0.25) is 0 Å². The second-order valence-corrected chi connectivity index (χ2v) is 7.12. The lowest BCUT2D eigenvalue weighted by Crippen LogP contribution is -2.45. The van der Waals surface area contributed by atoms with Gasteiger partial charge in [-0.15, -0.1) is 0 Å². The van der Waals surface area contributed by atoms with Gasteiger partial charge in [0.2, 0.25) is 0 Å². The van der Waals surface area contributed by atoms with Crippen LogP contribution in [0.15, 0.2) is 42.5 Å². The zero-order valence-corrected chi connectivity index (χ0v) is 16.3. The molecule has 2 aromatic rings. The molecule has 1 saturated heterocycles. The van der Waals surface area contributed by atoms with Gasteiger partial charge in [0.05, 0.1) is 20.3 Å². The van der Waals surface area contributed by atoms with E-state index in [0.29, 0.717) is 5.92 Å². The van der Waals surface area contributed by atoms with Crippen LogP contribution < -0.4 is 14.8 Å². The van der Waals surface area contributed by atoms with Crippen LogP contribution in [-0.4, -0.2) is 45.3 Å². The lowest BCUT2D eigenvalue weighted by Gasteiger charge is -2.36. The van der Waals surface area contributed by atoms with Gasteiger partial charge >= 0.3 is 0 Å². The molecular formula is C22H30N2O2. The average molecular weight is 354 g/mol. The third-order valence-corrected chi connectivity index (χ3v) is 5.16. The summed E-state index contributed by atoms with van der Waals surface area (Å²) in [6.45, 7) is 8.58. The summed E-state index contributed by atoms with van der Waals surface area (Å²) in [5.74, 6) is 2.09. The molecule has 0 aromatic heterocycles. The van der Waals surface area contributed by atoms with Gasteiger partial charge in [-0.25, -0.2) is 0 Å². The Morgan fingerprint density at radius 1 is 0.808 bits per heavy atom. The van der Waals surface area contributed by atoms with Gasteiger partial charge in [0.1, 0.15) is 0 Å². The van der Waals surface area contributed by atoms with E-state index in [4.69, 9.17) is 9.47 Å². The van der Waals surface area contributed by atoms with Gasteiger partial charge in [-0.05, 0) is 34.7 Å². The van der Waals surface area contributed by atoms with Crippen molar-refractivity contribution in [2.75, 3.05) is 40.4 Å². The Morgan fingerprint density at radius 2 is 1.38 bits per heavy atom. The van der Waals surface area contributed by atoms with E-state index in [1.807, 2.05) is 6.07 Å². The average Bonchev–Trinajstić information content (AvgIpc) is 2.69. The molecule has 1 N–H and O–H groups in total. The largest absolute Gasteiger partial charge is 0.493 e. The first-order valence-electron chi connectivity index (χ1n) is 9.40. The molecule has 0 amide bonds. The molecule has 0 aliphatic carbocycles. The van der Waals surface area contributed by atoms with Gasteiger partial charge in [0.25, 0.3) is 0 Å². The second kappa shape index (κ2) is 8.56. The van der Waals surface area contributed by atoms with Gasteiger partial charge in [-0.3, -0.25) is 4.90 Å². The maximum absolute atomic E-state index is 5.54. The zero-order chi connectivity index (χ0) is 18.5. The molecule has 1 heterocycles. The van der Waals surface area contributed by atoms with E-state index in [0.717, 1.165) is 37.7 Å². The summed E-state index contributed by atoms with van der Waals surface area (Å²) in [5.41, 5.74) is 3.94. The molecule has 0 saturated carbocycles. The second-order valence-electron chi connectivity index (χ2n) is 7.12. The molecule has 0 spiro atoms. The lowest BCUT2D eigenvalue weighted by atomic mass is 9.93. The number of hydrogen-bond donors (Lipinski definition) is 1. The number of nitrogens with one attached hydrogen (secondary N) is 1. The van der Waals surface area contributed by atoms with Crippen LogP contribution >= 0.6 is 0 Å². The number of methoxy groups -OCH3 is 2. The molecule has 26 heavy (non-hydrogen) atoms. The van der Waals surface area contributed by atoms with Gasteiger partial charge in [0.15, 0.2) is 11.5 Å². The summed E-state index contributed by atoms with van der Waals surface area (Å²) in [5, 5.41) is 3.45. The van der Waals surface area contributed by atoms with Crippen LogP contribution in [-0.2, 0) is 0 Å². The molecule has 1 aliphatic rings. The monoisotopic (exact) mass is 354 g/mol. The Hall–Kier alpha value is -2.04. The normalized spacial score (nSPS) is 16.5. The van der Waals surface area contributed by atoms with Gasteiger partial charge in [-0.2, -0.15) is 0 Å². The zero-order valence-electron chi connectivity index (χ0n) is 16.3. The van der Waals surface area contributed by atoms with Crippen molar-refractivity contribution < 1.29 is 9.47 Å². The van der Waals surface area contributed by atoms with Crippen LogP contribution in [0.1, 0.15) is 42.5 Å². The number of hydrogen-bond acceptors (Lipinski definition) is 4. The fourth-order valence-electron chi connectivity index (χ4n) is 3.64. The summed E-state index contributed by atoms with van der Waals surface area (Å²) < 4.78 is 11.0. The number of benzene rings is 2. The van der Waals surface area contributed by atoms with Crippen molar-refractivity contribution in [3.8, 4) is 11.5 Å². The van der Waals surface area contributed by atoms with Crippen molar-refractivity contribution in [3.63, 3.8) is 0 Å². The first-order chi connectivity index (χ1) is 12.6. The maximum Gasteiger partial charge on any atom is 0.161 e. The summed E-state index contributed by atoms with van der Waals surface area (Å²) in [6.07, 6.45) is 0. The third-order valence-electron chi connectivity index (χ3n) is 5.16. The van der Waals surface area contributed by atoms with Crippen LogP contribution in [0.5, 0.6) is 11.5 Å². The van der Waals surface area contributed by atoms with Crippen molar-refractivity contribution in [1.82, 2.24) is 10.2 Å². The minimum Gasteiger partial charge on any atom is -0.493 e. The Morgan fingerprint density at radius 3 is 1.96 bits per heavy atom. The van der Waals surface area contributed by atoms with Crippen LogP contribution in [0.25, 0.3) is 0 Å². The molecular weight excluding hydrogens is 324 g/mol. The fourth-order valence-corrected chi connectivity index (χ4v) is 3.64. The number of piperazine rings is 1. The Labute approximate surface area is 157 Å². The van der Waals surface area contributed by atoms with Crippen molar-refractivity contribution in [2.45, 2.75) is 25.8 Å². The SMILES string of the molecule is COc1ccc(C(c2ccc(C(C)C)cc2)N2CCNCC2)cc1OC. The summed E-state index contributed by atoms with van der Waals surface area (Å²) in [6, 6.07) is 15.6. The van der Waals surface area contributed by atoms with Crippen molar-refractivity contribution >= 4 is 0 Å². The number of rotatable bonds is 6. The summed E-state index contributed by atoms with van der Waals surface area (Å²) in [4.78, 5) is 2.54. The molecule has 140 valence electrons. The maximum atomic E-state index is 5.54. The van der Waals surface area contributed by atoms with Gasteiger partial charge in [0, 0.05) is 26.2 Å². The molecule has 1 unspecified atom stereocenters. The topological polar surface area (TPSA) is 33.7 Å². The van der Waals surface area contributed by atoms with Crippen molar-refractivity contribution in [2.24, 2.45) is 0 Å². The third kappa shape index (κ3) is 4.02. The molecule has 1 atom stereocenters. The van der Waals surface area contributed by atoms with Crippen LogP contribution in [0.4, 0.5) is 0 Å². The van der Waals surface area contributed by atoms with Crippen molar-refractivity contribution in [3.05, 3.63) is 59.2 Å². The fraction of sp³-hybridized carbons (Fsp3) is 0.455. The lowest BCUT2D eigenvalue weighted by molar-refractivity contribution is 0.198. The highest BCUT2D eigenvalue weighted by Crippen LogP contribution is 2.35. The minimum absolute atomic E-state index is 0.220. The van der Waals surface area contributed by atoms with E-state index in [1.165, 1.54) is 16.7 Å². The Bertz CT molecular complexity index is 707. The molecule has 3 rings (SSSR count). The van der Waals surface area contributed by atoms with E-state index >= 15 is 0 Å². The Kier molecular flexibility index (Phi) is 6.17. The van der Waals surface area contributed by atoms with E-state index in [1.54, 1.807) is 14.2 Å². The molecule has 2 aromatic carbocycles. The standard InChI is InChI=1S/C22H30N2O2/c1-16(2)17-5-7-18(8-6-17)22(24-13-11-23-12-14-24)19-9-10-20(25-3)21(15-19)26-4/h5-10,15-16,22-23H,11-14H2,1-4H3.